The molecule has 0 fully saturated rings. The lowest BCUT2D eigenvalue weighted by Crippen LogP contribution is -2.40. The molecule has 5 nitrogen and oxygen atoms in total. The number of aliphatic hydroxyl groups excluding tert-OH is 2. The second-order valence-corrected chi connectivity index (χ2v) is 3.03. The van der Waals surface area contributed by atoms with Crippen molar-refractivity contribution in [1.29, 1.82) is 0 Å². The monoisotopic (exact) mass is 204 g/mol. The Morgan fingerprint density at radius 2 is 2.00 bits per heavy atom. The van der Waals surface area contributed by atoms with Crippen LogP contribution in [0.2, 0.25) is 0 Å². The van der Waals surface area contributed by atoms with Crippen LogP contribution >= 0.6 is 0 Å². The van der Waals surface area contributed by atoms with Crippen LogP contribution in [0.25, 0.3) is 0 Å². The average Bonchev–Trinajstić information content (AvgIpc) is 2.19. The maximum Gasteiger partial charge on any atom is 0.236 e. The summed E-state index contributed by atoms with van der Waals surface area (Å²) in [5.41, 5.74) is 0. The number of rotatable bonds is 7. The van der Waals surface area contributed by atoms with E-state index in [0.29, 0.717) is 13.1 Å². The minimum absolute atomic E-state index is 0.0140. The average molecular weight is 204 g/mol. The van der Waals surface area contributed by atoms with Gasteiger partial charge in [-0.3, -0.25) is 4.79 Å². The molecule has 3 N–H and O–H groups in total. The van der Waals surface area contributed by atoms with Gasteiger partial charge in [-0.25, -0.2) is 0 Å². The molecule has 84 valence electrons. The molecule has 0 aliphatic carbocycles. The predicted molar refractivity (Wildman–Crippen MR) is 53.9 cm³/mol. The van der Waals surface area contributed by atoms with Crippen LogP contribution in [0.3, 0.4) is 0 Å². The highest BCUT2D eigenvalue weighted by molar-refractivity contribution is 5.78. The first-order valence-corrected chi connectivity index (χ1v) is 4.93. The number of carbonyl (C=O) groups is 1. The molecular formula is C9H20N2O3. The van der Waals surface area contributed by atoms with Gasteiger partial charge in [0.25, 0.3) is 0 Å². The van der Waals surface area contributed by atoms with Crippen LogP contribution in [-0.4, -0.2) is 59.9 Å². The molecule has 0 unspecified atom stereocenters. The van der Waals surface area contributed by atoms with E-state index in [1.54, 1.807) is 4.90 Å². The van der Waals surface area contributed by atoms with Gasteiger partial charge in [-0.2, -0.15) is 0 Å². The van der Waals surface area contributed by atoms with E-state index < -0.39 is 6.10 Å². The summed E-state index contributed by atoms with van der Waals surface area (Å²) < 4.78 is 0. The number of nitrogens with one attached hydrogen (secondary N) is 1. The van der Waals surface area contributed by atoms with Gasteiger partial charge in [0.15, 0.2) is 0 Å². The number of carbonyl (C=O) groups excluding carboxylic acids is 1. The molecule has 0 spiro atoms. The molecular weight excluding hydrogens is 184 g/mol. The summed E-state index contributed by atoms with van der Waals surface area (Å²) in [7, 11) is 0. The Morgan fingerprint density at radius 3 is 2.43 bits per heavy atom. The van der Waals surface area contributed by atoms with Crippen LogP contribution < -0.4 is 5.32 Å². The minimum atomic E-state index is -0.792. The van der Waals surface area contributed by atoms with Gasteiger partial charge in [-0.15, -0.1) is 0 Å². The van der Waals surface area contributed by atoms with E-state index in [4.69, 9.17) is 10.2 Å². The predicted octanol–water partition coefficient (Wildman–Crippen LogP) is -1.20. The highest BCUT2D eigenvalue weighted by atomic mass is 16.3. The molecule has 0 saturated carbocycles. The molecule has 0 radical (unpaired) electrons. The summed E-state index contributed by atoms with van der Waals surface area (Å²) in [4.78, 5) is 13.1. The van der Waals surface area contributed by atoms with Crippen molar-refractivity contribution in [3.05, 3.63) is 0 Å². The SMILES string of the molecule is CCN(CC)C(=O)CNC[C@H](O)CO. The molecule has 0 rings (SSSR count). The van der Waals surface area contributed by atoms with Crippen LogP contribution in [0.5, 0.6) is 0 Å². The third-order valence-electron chi connectivity index (χ3n) is 1.98. The Bertz CT molecular complexity index is 160. The Kier molecular flexibility index (Phi) is 7.37. The Balaban J connectivity index is 3.62. The second-order valence-electron chi connectivity index (χ2n) is 3.03. The lowest BCUT2D eigenvalue weighted by Gasteiger charge is -2.19. The topological polar surface area (TPSA) is 72.8 Å². The van der Waals surface area contributed by atoms with Crippen molar-refractivity contribution in [2.75, 3.05) is 32.8 Å². The molecule has 1 amide bonds. The van der Waals surface area contributed by atoms with Crippen LogP contribution in [0.4, 0.5) is 0 Å². The molecule has 0 heterocycles. The minimum Gasteiger partial charge on any atom is -0.394 e. The van der Waals surface area contributed by atoms with E-state index in [2.05, 4.69) is 5.32 Å². The summed E-state index contributed by atoms with van der Waals surface area (Å²) in [6.45, 7) is 5.39. The maximum atomic E-state index is 11.4. The zero-order chi connectivity index (χ0) is 11.0. The third kappa shape index (κ3) is 5.16. The molecule has 0 saturated heterocycles. The van der Waals surface area contributed by atoms with Gasteiger partial charge in [-0.1, -0.05) is 0 Å². The van der Waals surface area contributed by atoms with Crippen molar-refractivity contribution in [3.8, 4) is 0 Å². The van der Waals surface area contributed by atoms with Crippen molar-refractivity contribution in [1.82, 2.24) is 10.2 Å². The zero-order valence-corrected chi connectivity index (χ0v) is 8.86. The van der Waals surface area contributed by atoms with E-state index in [1.165, 1.54) is 0 Å². The first kappa shape index (κ1) is 13.4. The molecule has 5 heteroatoms. The van der Waals surface area contributed by atoms with Gasteiger partial charge in [0.1, 0.15) is 0 Å². The molecule has 0 aliphatic rings. The largest absolute Gasteiger partial charge is 0.394 e. The third-order valence-corrected chi connectivity index (χ3v) is 1.98. The summed E-state index contributed by atoms with van der Waals surface area (Å²) >= 11 is 0. The molecule has 0 aromatic rings. The van der Waals surface area contributed by atoms with Crippen molar-refractivity contribution < 1.29 is 15.0 Å². The first-order chi connectivity index (χ1) is 6.65. The number of aliphatic hydroxyl groups is 2. The molecule has 0 aromatic carbocycles. The highest BCUT2D eigenvalue weighted by Crippen LogP contribution is 1.87. The van der Waals surface area contributed by atoms with Gasteiger partial charge in [-0.05, 0) is 13.8 Å². The fourth-order valence-electron chi connectivity index (χ4n) is 1.10. The van der Waals surface area contributed by atoms with Gasteiger partial charge in [0.2, 0.25) is 5.91 Å². The molecule has 1 atom stereocenters. The highest BCUT2D eigenvalue weighted by Gasteiger charge is 2.09. The van der Waals surface area contributed by atoms with Crippen LogP contribution in [0, 0.1) is 0 Å². The fourth-order valence-corrected chi connectivity index (χ4v) is 1.10. The van der Waals surface area contributed by atoms with Gasteiger partial charge in [0.05, 0.1) is 19.3 Å². The van der Waals surface area contributed by atoms with Gasteiger partial charge in [0, 0.05) is 19.6 Å². The lowest BCUT2D eigenvalue weighted by atomic mass is 10.3. The zero-order valence-electron chi connectivity index (χ0n) is 8.86. The quantitative estimate of drug-likeness (QED) is 0.487. The molecule has 0 bridgehead atoms. The smallest absolute Gasteiger partial charge is 0.236 e. The van der Waals surface area contributed by atoms with Gasteiger partial charge < -0.3 is 20.4 Å². The van der Waals surface area contributed by atoms with E-state index in [0.717, 1.165) is 0 Å². The van der Waals surface area contributed by atoms with Crippen LogP contribution in [0.1, 0.15) is 13.8 Å². The lowest BCUT2D eigenvalue weighted by molar-refractivity contribution is -0.129. The van der Waals surface area contributed by atoms with Crippen molar-refractivity contribution in [2.24, 2.45) is 0 Å². The Morgan fingerprint density at radius 1 is 1.43 bits per heavy atom. The van der Waals surface area contributed by atoms with Crippen LogP contribution in [-0.2, 0) is 4.79 Å². The number of hydrogen-bond donors (Lipinski definition) is 3. The number of nitrogens with zero attached hydrogens (tertiary/aromatic N) is 1. The summed E-state index contributed by atoms with van der Waals surface area (Å²) in [6.07, 6.45) is -0.792. The van der Waals surface area contributed by atoms with Crippen molar-refractivity contribution in [3.63, 3.8) is 0 Å². The summed E-state index contributed by atoms with van der Waals surface area (Å²) in [5, 5.41) is 20.3. The molecule has 0 aromatic heterocycles. The van der Waals surface area contributed by atoms with E-state index in [-0.39, 0.29) is 25.6 Å². The van der Waals surface area contributed by atoms with Gasteiger partial charge >= 0.3 is 0 Å². The van der Waals surface area contributed by atoms with Crippen molar-refractivity contribution in [2.45, 2.75) is 20.0 Å². The van der Waals surface area contributed by atoms with Crippen molar-refractivity contribution >= 4 is 5.91 Å². The fraction of sp³-hybridized carbons (Fsp3) is 0.889. The second kappa shape index (κ2) is 7.73. The normalized spacial score (nSPS) is 12.6. The first-order valence-electron chi connectivity index (χ1n) is 4.93. The summed E-state index contributed by atoms with van der Waals surface area (Å²) in [5.74, 6) is 0.0140. The van der Waals surface area contributed by atoms with E-state index >= 15 is 0 Å². The van der Waals surface area contributed by atoms with Crippen LogP contribution in [0.15, 0.2) is 0 Å². The number of amides is 1. The van der Waals surface area contributed by atoms with E-state index in [9.17, 15) is 4.79 Å². The molecule has 0 aliphatic heterocycles. The Labute approximate surface area is 84.7 Å². The standard InChI is InChI=1S/C9H20N2O3/c1-3-11(4-2)9(14)6-10-5-8(13)7-12/h8,10,12-13H,3-7H2,1-2H3/t8-/m0/s1. The Hall–Kier alpha value is -0.650. The molecule has 14 heavy (non-hydrogen) atoms. The number of likely N-dealkylation sites (N-methyl/N-ethyl adjacent to an activating group) is 1. The maximum absolute atomic E-state index is 11.4. The van der Waals surface area contributed by atoms with E-state index in [1.807, 2.05) is 13.8 Å². The summed E-state index contributed by atoms with van der Waals surface area (Å²) in [6, 6.07) is 0. The number of hydrogen-bond acceptors (Lipinski definition) is 4.